The fourth-order valence-electron chi connectivity index (χ4n) is 7.57. The van der Waals surface area contributed by atoms with Gasteiger partial charge in [-0.1, -0.05) is 166 Å². The number of nitrogen functional groups attached to an aromatic ring is 1. The molecule has 0 bridgehead atoms. The molecule has 11 nitrogen and oxygen atoms in total. The van der Waals surface area contributed by atoms with E-state index in [2.05, 4.69) is 63.2 Å². The zero-order valence-corrected chi connectivity index (χ0v) is 54.4. The summed E-state index contributed by atoms with van der Waals surface area (Å²) in [6.45, 7) is 13.0. The number of nitrogens with two attached hydrogens (primary N) is 1. The molecule has 6 aromatic carbocycles. The minimum absolute atomic E-state index is 0. The summed E-state index contributed by atoms with van der Waals surface area (Å²) in [7, 11) is 0. The van der Waals surface area contributed by atoms with Crippen LogP contribution in [0.25, 0.3) is 33.8 Å². The van der Waals surface area contributed by atoms with Crippen molar-refractivity contribution in [1.29, 1.82) is 10.5 Å². The van der Waals surface area contributed by atoms with Crippen molar-refractivity contribution in [1.82, 2.24) is 15.0 Å². The zero-order valence-electron chi connectivity index (χ0n) is 45.5. The Morgan fingerprint density at radius 2 is 0.915 bits per heavy atom. The Kier molecular flexibility index (Phi) is 28.1. The van der Waals surface area contributed by atoms with Crippen molar-refractivity contribution >= 4 is 136 Å². The van der Waals surface area contributed by atoms with Gasteiger partial charge in [0.15, 0.2) is 15.4 Å². The van der Waals surface area contributed by atoms with Gasteiger partial charge in [0.05, 0.1) is 75.3 Å². The monoisotopic (exact) mass is 1280 g/mol. The number of carbonyl (C=O) groups is 1. The SMILES string of the molecule is CC(C)Cc1sc(N)nc1-c1ccc(Cl)c(Cl)c1.CC(C)Cc1sc(Nc2ccccc2C#N)nc1-c1ccc(Cl)c(Cl)c1.CC(C)Cc1sc(Nc2ccccc2C(=O)O)nc1-c1ccc(Cl)c(Cl)c1.N#Cc1ccccc1F.[Na+].[OH-]. The van der Waals surface area contributed by atoms with Crippen molar-refractivity contribution in [2.75, 3.05) is 16.4 Å². The molecule has 0 fully saturated rings. The van der Waals surface area contributed by atoms with Gasteiger partial charge in [0.25, 0.3) is 0 Å². The first-order valence-corrected chi connectivity index (χ1v) is 29.5. The first-order valence-electron chi connectivity index (χ1n) is 24.7. The van der Waals surface area contributed by atoms with Gasteiger partial charge in [0.2, 0.25) is 0 Å². The van der Waals surface area contributed by atoms with E-state index in [-0.39, 0.29) is 46.2 Å². The van der Waals surface area contributed by atoms with Gasteiger partial charge in [-0.15, -0.1) is 34.0 Å². The van der Waals surface area contributed by atoms with E-state index in [4.69, 9.17) is 90.6 Å². The number of carboxylic acid groups (broad SMARTS) is 1. The van der Waals surface area contributed by atoms with Gasteiger partial charge in [-0.3, -0.25) is 0 Å². The van der Waals surface area contributed by atoms with Crippen LogP contribution in [0, 0.1) is 46.2 Å². The van der Waals surface area contributed by atoms with Crippen LogP contribution in [-0.2, 0) is 19.3 Å². The number of rotatable bonds is 14. The molecule has 9 aromatic rings. The summed E-state index contributed by atoms with van der Waals surface area (Å²) in [6.07, 6.45) is 2.73. The summed E-state index contributed by atoms with van der Waals surface area (Å²) in [5.41, 5.74) is 13.4. The largest absolute Gasteiger partial charge is 1.00 e. The number of carboxylic acids is 1. The van der Waals surface area contributed by atoms with E-state index >= 15 is 0 Å². The van der Waals surface area contributed by atoms with E-state index in [0.29, 0.717) is 69.4 Å². The minimum Gasteiger partial charge on any atom is -0.870 e. The molecule has 0 amide bonds. The number of nitrogens with one attached hydrogen (secondary N) is 2. The molecule has 0 radical (unpaired) electrons. The van der Waals surface area contributed by atoms with Gasteiger partial charge in [0.1, 0.15) is 18.0 Å². The van der Waals surface area contributed by atoms with Crippen LogP contribution in [-0.4, -0.2) is 31.5 Å². The molecular formula is C60H54Cl6FN8NaO3S3. The first kappa shape index (κ1) is 69.2. The molecule has 0 unspecified atom stereocenters. The molecule has 0 aliphatic heterocycles. The van der Waals surface area contributed by atoms with Crippen molar-refractivity contribution in [2.45, 2.75) is 60.8 Å². The molecular weight excluding hydrogens is 1230 g/mol. The molecule has 3 aromatic heterocycles. The molecule has 0 saturated heterocycles. The number of hydrogen-bond acceptors (Lipinski definition) is 13. The van der Waals surface area contributed by atoms with Crippen molar-refractivity contribution in [3.05, 3.63) is 195 Å². The standard InChI is InChI=1S/C20H17Cl2N3S.C20H18Cl2N2O2S.C13H14Cl2N2S.C7H4FN.Na.H2O/c1-12(2)9-18-19(13-7-8-15(21)16(22)10-13)25-20(26-18)24-17-6-4-3-5-14(17)11-23;1-11(2)9-17-18(12-7-8-14(21)15(22)10-12)24-20(27-17)23-16-6-4-3-5-13(16)19(25)26;1-7(2)5-11-12(17-13(16)18-11)8-3-4-9(14)10(15)6-8;8-7-4-2-1-3-6(7)5-9;;/h3-8,10,12H,9H2,1-2H3,(H,24,25);3-8,10-11H,9H2,1-2H3,(H,23,24)(H,25,26);3-4,6-7H,5H2,1-2H3,(H2,16,17);1-4H;;1H2/q;;;;+1;/p-1. The summed E-state index contributed by atoms with van der Waals surface area (Å²) in [6, 6.07) is 40.5. The molecule has 0 spiro atoms. The molecule has 9 rings (SSSR count). The predicted molar refractivity (Wildman–Crippen MR) is 337 cm³/mol. The van der Waals surface area contributed by atoms with Gasteiger partial charge in [-0.05, 0) is 110 Å². The van der Waals surface area contributed by atoms with Crippen molar-refractivity contribution in [2.24, 2.45) is 17.8 Å². The Balaban J connectivity index is 0.000000246. The number of nitriles is 2. The number of benzene rings is 6. The molecule has 420 valence electrons. The van der Waals surface area contributed by atoms with Crippen molar-refractivity contribution in [3.63, 3.8) is 0 Å². The van der Waals surface area contributed by atoms with Crippen molar-refractivity contribution in [3.8, 4) is 45.9 Å². The Labute approximate surface area is 541 Å². The summed E-state index contributed by atoms with van der Waals surface area (Å²) in [5, 5.41) is 38.4. The Morgan fingerprint density at radius 1 is 0.549 bits per heavy atom. The summed E-state index contributed by atoms with van der Waals surface area (Å²) >= 11 is 41.1. The third-order valence-electron chi connectivity index (χ3n) is 11.2. The van der Waals surface area contributed by atoms with E-state index in [0.717, 1.165) is 68.7 Å². The van der Waals surface area contributed by atoms with E-state index in [1.54, 1.807) is 84.1 Å². The smallest absolute Gasteiger partial charge is 0.870 e. The second-order valence-electron chi connectivity index (χ2n) is 18.9. The maximum absolute atomic E-state index is 12.4. The summed E-state index contributed by atoms with van der Waals surface area (Å²) in [5.74, 6) is 0.0653. The molecule has 0 aliphatic rings. The minimum atomic E-state index is -0.984. The summed E-state index contributed by atoms with van der Waals surface area (Å²) in [4.78, 5) is 28.8. The number of thiazole rings is 3. The van der Waals surface area contributed by atoms with Crippen LogP contribution in [0.3, 0.4) is 0 Å². The Morgan fingerprint density at radius 3 is 1.30 bits per heavy atom. The fraction of sp³-hybridized carbons (Fsp3) is 0.200. The molecule has 0 saturated carbocycles. The molecule has 0 aliphatic carbocycles. The maximum atomic E-state index is 12.4. The number of aromatic carboxylic acids is 1. The van der Waals surface area contributed by atoms with Crippen LogP contribution >= 0.6 is 104 Å². The fourth-order valence-corrected chi connectivity index (χ4v) is 11.9. The van der Waals surface area contributed by atoms with Crippen LogP contribution in [0.4, 0.5) is 31.2 Å². The molecule has 3 heterocycles. The third kappa shape index (κ3) is 19.9. The van der Waals surface area contributed by atoms with Crippen molar-refractivity contribution < 1.29 is 49.3 Å². The van der Waals surface area contributed by atoms with E-state index < -0.39 is 11.8 Å². The van der Waals surface area contributed by atoms with Crippen LogP contribution in [0.1, 0.15) is 77.7 Å². The molecule has 6 N–H and O–H groups in total. The zero-order chi connectivity index (χ0) is 58.2. The maximum Gasteiger partial charge on any atom is 1.00 e. The number of hydrogen-bond donors (Lipinski definition) is 4. The van der Waals surface area contributed by atoms with Crippen LogP contribution in [0.2, 0.25) is 30.1 Å². The van der Waals surface area contributed by atoms with Crippen LogP contribution < -0.4 is 45.9 Å². The van der Waals surface area contributed by atoms with Crippen LogP contribution in [0.5, 0.6) is 0 Å². The van der Waals surface area contributed by atoms with E-state index in [1.165, 1.54) is 44.6 Å². The Hall–Kier alpha value is -5.31. The summed E-state index contributed by atoms with van der Waals surface area (Å²) < 4.78 is 12.4. The second kappa shape index (κ2) is 33.3. The van der Waals surface area contributed by atoms with E-state index in [9.17, 15) is 19.6 Å². The quantitative estimate of drug-likeness (QED) is 0.0754. The molecule has 0 atom stereocenters. The number of anilines is 5. The number of aromatic nitrogens is 3. The average molecular weight is 1290 g/mol. The first-order chi connectivity index (χ1) is 38.1. The van der Waals surface area contributed by atoms with Gasteiger partial charge >= 0.3 is 35.5 Å². The van der Waals surface area contributed by atoms with E-state index in [1.807, 2.05) is 48.5 Å². The van der Waals surface area contributed by atoms with Crippen LogP contribution in [0.15, 0.2) is 127 Å². The van der Waals surface area contributed by atoms with Gasteiger partial charge in [0, 0.05) is 31.3 Å². The second-order valence-corrected chi connectivity index (χ2v) is 24.7. The van der Waals surface area contributed by atoms with Gasteiger partial charge < -0.3 is 26.9 Å². The predicted octanol–water partition coefficient (Wildman–Crippen LogP) is 17.1. The molecule has 22 heteroatoms. The molecule has 82 heavy (non-hydrogen) atoms. The number of para-hydroxylation sites is 2. The third-order valence-corrected chi connectivity index (χ3v) is 16.3. The average Bonchev–Trinajstić information content (AvgIpc) is 4.19. The van der Waals surface area contributed by atoms with Gasteiger partial charge in [-0.2, -0.15) is 10.5 Å². The Bertz CT molecular complexity index is 3700. The van der Waals surface area contributed by atoms with Gasteiger partial charge in [-0.25, -0.2) is 24.1 Å². The topological polar surface area (TPSA) is 204 Å². The number of halogens is 7. The number of nitrogens with zero attached hydrogens (tertiary/aromatic N) is 5. The normalized spacial score (nSPS) is 10.4.